The Balaban J connectivity index is 1.67. The lowest BCUT2D eigenvalue weighted by Gasteiger charge is -2.20. The molecule has 156 valence electrons. The van der Waals surface area contributed by atoms with Crippen LogP contribution in [0.3, 0.4) is 0 Å². The summed E-state index contributed by atoms with van der Waals surface area (Å²) in [6, 6.07) is 12.1. The zero-order chi connectivity index (χ0) is 20.9. The van der Waals surface area contributed by atoms with E-state index in [1.54, 1.807) is 23.9 Å². The summed E-state index contributed by atoms with van der Waals surface area (Å²) in [7, 11) is 0. The van der Waals surface area contributed by atoms with Gasteiger partial charge in [0.05, 0.1) is 10.6 Å². The molecule has 2 aromatic carbocycles. The molecule has 0 saturated heterocycles. The highest BCUT2D eigenvalue weighted by Crippen LogP contribution is 2.41. The fourth-order valence-electron chi connectivity index (χ4n) is 3.29. The molecule has 0 amide bonds. The molecule has 0 unspecified atom stereocenters. The average Bonchev–Trinajstić information content (AvgIpc) is 2.90. The van der Waals surface area contributed by atoms with E-state index in [4.69, 9.17) is 16.3 Å². The van der Waals surface area contributed by atoms with Gasteiger partial charge in [-0.1, -0.05) is 73.8 Å². The Kier molecular flexibility index (Phi) is 6.69. The second-order valence-electron chi connectivity index (χ2n) is 6.98. The number of benzene rings is 2. The zero-order valence-electron chi connectivity index (χ0n) is 16.6. The van der Waals surface area contributed by atoms with Gasteiger partial charge in [-0.15, -0.1) is 10.2 Å². The maximum atomic E-state index is 14.6. The number of hydrogen-bond acceptors (Lipinski definition) is 6. The minimum Gasteiger partial charge on any atom is -0.448 e. The van der Waals surface area contributed by atoms with E-state index < -0.39 is 12.0 Å². The Hall–Kier alpha value is -2.38. The van der Waals surface area contributed by atoms with Gasteiger partial charge in [0.15, 0.2) is 5.69 Å². The Morgan fingerprint density at radius 2 is 1.97 bits per heavy atom. The minimum atomic E-state index is -0.847. The second kappa shape index (κ2) is 9.62. The molecule has 2 heterocycles. The lowest BCUT2D eigenvalue weighted by molar-refractivity contribution is 0.220. The van der Waals surface area contributed by atoms with E-state index >= 15 is 0 Å². The molecule has 0 aliphatic carbocycles. The molecule has 1 aliphatic heterocycles. The van der Waals surface area contributed by atoms with Gasteiger partial charge in [-0.3, -0.25) is 0 Å². The molecule has 0 bridgehead atoms. The van der Waals surface area contributed by atoms with Gasteiger partial charge in [0.1, 0.15) is 5.82 Å². The normalized spacial score (nSPS) is 14.8. The number of ether oxygens (including phenoxy) is 1. The van der Waals surface area contributed by atoms with E-state index in [2.05, 4.69) is 27.4 Å². The zero-order valence-corrected chi connectivity index (χ0v) is 18.1. The molecule has 0 spiro atoms. The Morgan fingerprint density at radius 1 is 1.10 bits per heavy atom. The van der Waals surface area contributed by atoms with Crippen LogP contribution in [0.1, 0.15) is 44.4 Å². The van der Waals surface area contributed by atoms with E-state index in [1.165, 1.54) is 25.3 Å². The summed E-state index contributed by atoms with van der Waals surface area (Å²) in [4.78, 5) is 4.59. The van der Waals surface area contributed by atoms with Crippen LogP contribution in [0.2, 0.25) is 5.02 Å². The molecule has 30 heavy (non-hydrogen) atoms. The number of nitrogens with one attached hydrogen (secondary N) is 1. The van der Waals surface area contributed by atoms with E-state index in [-0.39, 0.29) is 10.6 Å². The van der Waals surface area contributed by atoms with Crippen LogP contribution in [0, 0.1) is 5.82 Å². The van der Waals surface area contributed by atoms with Crippen LogP contribution >= 0.6 is 23.4 Å². The molecular formula is C22H22ClFN4OS. The van der Waals surface area contributed by atoms with Gasteiger partial charge in [-0.2, -0.15) is 4.98 Å². The summed E-state index contributed by atoms with van der Waals surface area (Å²) in [5, 5.41) is 12.7. The highest BCUT2D eigenvalue weighted by Gasteiger charge is 2.29. The largest absolute Gasteiger partial charge is 0.448 e. The molecule has 1 aromatic heterocycles. The summed E-state index contributed by atoms with van der Waals surface area (Å²) in [5.41, 5.74) is 2.29. The third kappa shape index (κ3) is 4.52. The topological polar surface area (TPSA) is 59.9 Å². The SMILES string of the molecule is CCCCCCSc1nnc2c(n1)O[C@H](c1c(F)cccc1Cl)Nc1ccccc1-2. The van der Waals surface area contributed by atoms with Gasteiger partial charge in [0.2, 0.25) is 17.3 Å². The van der Waals surface area contributed by atoms with Crippen LogP contribution < -0.4 is 10.1 Å². The third-order valence-corrected chi connectivity index (χ3v) is 6.08. The number of hydrogen-bond donors (Lipinski definition) is 1. The van der Waals surface area contributed by atoms with Crippen LogP contribution in [0.25, 0.3) is 11.3 Å². The van der Waals surface area contributed by atoms with Crippen molar-refractivity contribution in [2.24, 2.45) is 0 Å². The minimum absolute atomic E-state index is 0.231. The predicted octanol–water partition coefficient (Wildman–Crippen LogP) is 6.51. The second-order valence-corrected chi connectivity index (χ2v) is 8.45. The molecule has 0 fully saturated rings. The molecule has 0 saturated carbocycles. The predicted molar refractivity (Wildman–Crippen MR) is 119 cm³/mol. The molecule has 0 radical (unpaired) electrons. The molecule has 1 aliphatic rings. The Labute approximate surface area is 184 Å². The van der Waals surface area contributed by atoms with Crippen molar-refractivity contribution in [2.45, 2.75) is 44.0 Å². The number of para-hydroxylation sites is 1. The van der Waals surface area contributed by atoms with Gasteiger partial charge in [-0.25, -0.2) is 4.39 Å². The van der Waals surface area contributed by atoms with Crippen LogP contribution in [0.5, 0.6) is 5.88 Å². The number of aromatic nitrogens is 3. The number of halogens is 2. The summed E-state index contributed by atoms with van der Waals surface area (Å²) in [5.74, 6) is 0.772. The summed E-state index contributed by atoms with van der Waals surface area (Å²) in [6.45, 7) is 2.19. The number of anilines is 1. The van der Waals surface area contributed by atoms with Gasteiger partial charge >= 0.3 is 0 Å². The van der Waals surface area contributed by atoms with Gasteiger partial charge < -0.3 is 10.1 Å². The van der Waals surface area contributed by atoms with Gasteiger partial charge in [0, 0.05) is 17.0 Å². The lowest BCUT2D eigenvalue weighted by Crippen LogP contribution is -2.19. The molecule has 4 rings (SSSR count). The Bertz CT molecular complexity index is 1020. The summed E-state index contributed by atoms with van der Waals surface area (Å²) < 4.78 is 20.7. The van der Waals surface area contributed by atoms with E-state index in [9.17, 15) is 4.39 Å². The highest BCUT2D eigenvalue weighted by atomic mass is 35.5. The quantitative estimate of drug-likeness (QED) is 0.331. The first-order chi connectivity index (χ1) is 14.7. The van der Waals surface area contributed by atoms with E-state index in [1.807, 2.05) is 24.3 Å². The molecule has 8 heteroatoms. The summed E-state index contributed by atoms with van der Waals surface area (Å²) in [6.07, 6.45) is 3.85. The number of unbranched alkanes of at least 4 members (excludes halogenated alkanes) is 3. The van der Waals surface area contributed by atoms with Crippen LogP contribution in [0.4, 0.5) is 10.1 Å². The number of nitrogens with zero attached hydrogens (tertiary/aromatic N) is 3. The maximum absolute atomic E-state index is 14.6. The van der Waals surface area contributed by atoms with Crippen molar-refractivity contribution in [2.75, 3.05) is 11.1 Å². The average molecular weight is 445 g/mol. The van der Waals surface area contributed by atoms with Gasteiger partial charge in [-0.05, 0) is 24.6 Å². The smallest absolute Gasteiger partial charge is 0.247 e. The van der Waals surface area contributed by atoms with E-state index in [0.717, 1.165) is 23.4 Å². The van der Waals surface area contributed by atoms with Crippen molar-refractivity contribution < 1.29 is 9.13 Å². The monoisotopic (exact) mass is 444 g/mol. The molecule has 3 aromatic rings. The first-order valence-electron chi connectivity index (χ1n) is 10.0. The van der Waals surface area contributed by atoms with Gasteiger partial charge in [0.25, 0.3) is 0 Å². The van der Waals surface area contributed by atoms with Crippen molar-refractivity contribution in [3.8, 4) is 17.1 Å². The molecule has 1 atom stereocenters. The van der Waals surface area contributed by atoms with E-state index in [0.29, 0.717) is 16.7 Å². The number of rotatable bonds is 7. The standard InChI is InChI=1S/C22H22ClFN4OS/c1-2-3-4-7-13-30-22-26-21-19(27-28-22)14-9-5-6-12-17(14)25-20(29-21)18-15(23)10-8-11-16(18)24/h5-6,8-12,20,25H,2-4,7,13H2,1H3/t20-/m1/s1. The highest BCUT2D eigenvalue weighted by molar-refractivity contribution is 7.99. The lowest BCUT2D eigenvalue weighted by atomic mass is 10.1. The van der Waals surface area contributed by atoms with Crippen molar-refractivity contribution in [1.29, 1.82) is 0 Å². The third-order valence-electron chi connectivity index (χ3n) is 4.82. The first-order valence-corrected chi connectivity index (χ1v) is 11.4. The van der Waals surface area contributed by atoms with Crippen LogP contribution in [-0.4, -0.2) is 20.9 Å². The van der Waals surface area contributed by atoms with Crippen LogP contribution in [-0.2, 0) is 0 Å². The number of thioether (sulfide) groups is 1. The molecule has 5 nitrogen and oxygen atoms in total. The summed E-state index contributed by atoms with van der Waals surface area (Å²) >= 11 is 7.85. The van der Waals surface area contributed by atoms with Crippen molar-refractivity contribution >= 4 is 29.1 Å². The fourth-order valence-corrected chi connectivity index (χ4v) is 4.33. The van der Waals surface area contributed by atoms with Crippen molar-refractivity contribution in [3.63, 3.8) is 0 Å². The first kappa shape index (κ1) is 20.9. The number of fused-ring (bicyclic) bond motifs is 3. The molecular weight excluding hydrogens is 423 g/mol. The molecule has 1 N–H and O–H groups in total. The fraction of sp³-hybridized carbons (Fsp3) is 0.318. The van der Waals surface area contributed by atoms with Crippen LogP contribution in [0.15, 0.2) is 47.6 Å². The maximum Gasteiger partial charge on any atom is 0.247 e. The van der Waals surface area contributed by atoms with Crippen molar-refractivity contribution in [3.05, 3.63) is 58.9 Å². The Morgan fingerprint density at radius 3 is 2.80 bits per heavy atom. The van der Waals surface area contributed by atoms with Crippen molar-refractivity contribution in [1.82, 2.24) is 15.2 Å².